The third-order valence-electron chi connectivity index (χ3n) is 11.7. The summed E-state index contributed by atoms with van der Waals surface area (Å²) in [6.07, 6.45) is 3.56. The molecule has 5 heterocycles. The van der Waals surface area contributed by atoms with Crippen LogP contribution in [0.2, 0.25) is 0 Å². The van der Waals surface area contributed by atoms with Gasteiger partial charge in [-0.2, -0.15) is 5.10 Å². The summed E-state index contributed by atoms with van der Waals surface area (Å²) in [5, 5.41) is 11.0. The molecule has 2 atom stereocenters. The van der Waals surface area contributed by atoms with Crippen LogP contribution in [0.3, 0.4) is 0 Å². The third kappa shape index (κ3) is 11.0. The molecule has 2 saturated heterocycles. The molecular weight excluding hydrogens is 863 g/mol. The van der Waals surface area contributed by atoms with Gasteiger partial charge in [0.1, 0.15) is 35.4 Å². The maximum absolute atomic E-state index is 13.5. The van der Waals surface area contributed by atoms with Crippen LogP contribution in [0.4, 0.5) is 11.5 Å². The molecule has 3 aromatic carbocycles. The van der Waals surface area contributed by atoms with E-state index >= 15 is 0 Å². The molecule has 3 aliphatic rings. The summed E-state index contributed by atoms with van der Waals surface area (Å²) >= 11 is 0. The van der Waals surface area contributed by atoms with Crippen molar-refractivity contribution in [1.29, 1.82) is 0 Å². The Morgan fingerprint density at radius 2 is 1.51 bits per heavy atom. The predicted octanol–water partition coefficient (Wildman–Crippen LogP) is 4.56. The fourth-order valence-corrected chi connectivity index (χ4v) is 8.30. The zero-order valence-corrected chi connectivity index (χ0v) is 37.0. The van der Waals surface area contributed by atoms with Gasteiger partial charge in [0.2, 0.25) is 17.7 Å². The number of fused-ring (bicyclic) bond motifs is 2. The lowest BCUT2D eigenvalue weighted by atomic mass is 10.0. The average Bonchev–Trinajstić information content (AvgIpc) is 3.86. The van der Waals surface area contributed by atoms with Gasteiger partial charge in [-0.1, -0.05) is 30.8 Å². The highest BCUT2D eigenvalue weighted by Gasteiger charge is 2.45. The number of amides is 5. The van der Waals surface area contributed by atoms with Crippen LogP contribution < -0.4 is 21.1 Å². The molecular formula is C48H53N9O10. The van der Waals surface area contributed by atoms with Gasteiger partial charge in [0.25, 0.3) is 11.8 Å². The summed E-state index contributed by atoms with van der Waals surface area (Å²) < 4.78 is 30.4. The number of piperidine rings is 2. The van der Waals surface area contributed by atoms with Gasteiger partial charge in [-0.05, 0) is 67.8 Å². The van der Waals surface area contributed by atoms with Crippen molar-refractivity contribution >= 4 is 52.1 Å². The number of benzene rings is 3. The molecule has 5 amide bonds. The van der Waals surface area contributed by atoms with Crippen LogP contribution in [0.5, 0.6) is 11.5 Å². The van der Waals surface area contributed by atoms with Gasteiger partial charge < -0.3 is 39.6 Å². The molecule has 4 N–H and O–H groups in total. The number of likely N-dealkylation sites (tertiary alicyclic amines) is 1. The number of carbonyl (C=O) groups excluding carboxylic acids is 5. The molecule has 0 saturated carbocycles. The van der Waals surface area contributed by atoms with Crippen LogP contribution in [0, 0.1) is 0 Å². The lowest BCUT2D eigenvalue weighted by Crippen LogP contribution is -2.54. The molecule has 2 aromatic heterocycles. The SMILES string of the molecule is C=C(CCOCCOCCOCCOCCNc1cccc2c1C(=O)N(C1CCC(=O)NC1=O)C2=O)C(=O)N1CCCC(n2nc(-c3ccc(Oc4ccccc4)cc3)c3c(N)ncnc32)C1. The van der Waals surface area contributed by atoms with Crippen molar-refractivity contribution < 1.29 is 47.7 Å². The second kappa shape index (κ2) is 22.0. The number of hydrogen-bond donors (Lipinski definition) is 3. The molecule has 19 heteroatoms. The van der Waals surface area contributed by atoms with Crippen LogP contribution in [0.1, 0.15) is 58.9 Å². The number of nitrogen functional groups attached to an aromatic ring is 1. The predicted molar refractivity (Wildman–Crippen MR) is 245 cm³/mol. The Kier molecular flexibility index (Phi) is 15.2. The normalized spacial score (nSPS) is 17.2. The van der Waals surface area contributed by atoms with E-state index < -0.39 is 29.7 Å². The molecule has 5 aromatic rings. The van der Waals surface area contributed by atoms with Crippen LogP contribution >= 0.6 is 0 Å². The molecule has 3 aliphatic heterocycles. The van der Waals surface area contributed by atoms with Crippen molar-refractivity contribution in [1.82, 2.24) is 34.9 Å². The Balaban J connectivity index is 0.687. The monoisotopic (exact) mass is 915 g/mol. The van der Waals surface area contributed by atoms with Crippen molar-refractivity contribution in [2.75, 3.05) is 83.5 Å². The van der Waals surface area contributed by atoms with Gasteiger partial charge in [0.05, 0.1) is 75.4 Å². The average molecular weight is 916 g/mol. The van der Waals surface area contributed by atoms with Gasteiger partial charge in [0.15, 0.2) is 5.65 Å². The molecule has 0 aliphatic carbocycles. The van der Waals surface area contributed by atoms with Crippen molar-refractivity contribution in [2.24, 2.45) is 0 Å². The lowest BCUT2D eigenvalue weighted by molar-refractivity contribution is -0.136. The first-order chi connectivity index (χ1) is 32.7. The van der Waals surface area contributed by atoms with Crippen molar-refractivity contribution in [3.8, 4) is 22.8 Å². The molecule has 67 heavy (non-hydrogen) atoms. The van der Waals surface area contributed by atoms with Gasteiger partial charge >= 0.3 is 0 Å². The Hall–Kier alpha value is -7.06. The van der Waals surface area contributed by atoms with E-state index in [1.54, 1.807) is 18.2 Å². The molecule has 2 unspecified atom stereocenters. The maximum Gasteiger partial charge on any atom is 0.264 e. The van der Waals surface area contributed by atoms with Crippen molar-refractivity contribution in [2.45, 2.75) is 44.2 Å². The van der Waals surface area contributed by atoms with Gasteiger partial charge in [-0.3, -0.25) is 34.2 Å². The maximum atomic E-state index is 13.5. The van der Waals surface area contributed by atoms with Crippen molar-refractivity contribution in [3.63, 3.8) is 0 Å². The van der Waals surface area contributed by atoms with E-state index in [0.717, 1.165) is 29.1 Å². The number of rotatable bonds is 22. The zero-order valence-electron chi connectivity index (χ0n) is 37.0. The Bertz CT molecular complexity index is 2600. The number of nitrogens with two attached hydrogens (primary N) is 1. The fraction of sp³-hybridized carbons (Fsp3) is 0.375. The lowest BCUT2D eigenvalue weighted by Gasteiger charge is -2.33. The smallest absolute Gasteiger partial charge is 0.264 e. The fourth-order valence-electron chi connectivity index (χ4n) is 8.30. The van der Waals surface area contributed by atoms with E-state index in [0.29, 0.717) is 118 Å². The second-order valence-electron chi connectivity index (χ2n) is 16.1. The van der Waals surface area contributed by atoms with Crippen LogP contribution in [0.25, 0.3) is 22.3 Å². The van der Waals surface area contributed by atoms with Crippen LogP contribution in [-0.2, 0) is 33.3 Å². The van der Waals surface area contributed by atoms with E-state index in [1.807, 2.05) is 64.2 Å². The van der Waals surface area contributed by atoms with E-state index in [1.165, 1.54) is 6.33 Å². The first-order valence-corrected chi connectivity index (χ1v) is 22.4. The topological polar surface area (TPSA) is 232 Å². The number of para-hydroxylation sites is 1. The molecule has 0 bridgehead atoms. The highest BCUT2D eigenvalue weighted by molar-refractivity contribution is 6.25. The largest absolute Gasteiger partial charge is 0.457 e. The standard InChI is InChI=1S/C48H53N9O10/c1-31(46(60)55-20-6-7-33(29-55)57-44-41(43(49)51-30-52-44)42(54-57)32-12-14-35(15-13-32)67-34-8-3-2-4-9-34)18-21-63-23-25-65-27-28-66-26-24-64-22-19-50-37-11-5-10-36-40(37)48(62)56(47(36)61)38-16-17-39(58)53-45(38)59/h2-5,8-15,30,33,38,50H,1,6-7,16-29H2,(H2,49,51,52)(H,53,58,59). The minimum absolute atomic E-state index is 0.0537. The highest BCUT2D eigenvalue weighted by Crippen LogP contribution is 2.36. The number of carbonyl (C=O) groups is 5. The summed E-state index contributed by atoms with van der Waals surface area (Å²) in [6.45, 7) is 8.28. The number of aromatic nitrogens is 4. The molecule has 19 nitrogen and oxygen atoms in total. The summed E-state index contributed by atoms with van der Waals surface area (Å²) in [7, 11) is 0. The Morgan fingerprint density at radius 1 is 0.806 bits per heavy atom. The third-order valence-corrected chi connectivity index (χ3v) is 11.7. The number of anilines is 2. The zero-order chi connectivity index (χ0) is 46.7. The molecule has 2 fully saturated rings. The van der Waals surface area contributed by atoms with E-state index in [4.69, 9.17) is 34.5 Å². The molecule has 8 rings (SSSR count). The summed E-state index contributed by atoms with van der Waals surface area (Å²) in [6, 6.07) is 20.9. The number of nitrogens with one attached hydrogen (secondary N) is 2. The Morgan fingerprint density at radius 3 is 2.24 bits per heavy atom. The van der Waals surface area contributed by atoms with E-state index in [-0.39, 0.29) is 35.9 Å². The minimum Gasteiger partial charge on any atom is -0.457 e. The first-order valence-electron chi connectivity index (χ1n) is 22.4. The minimum atomic E-state index is -1.03. The van der Waals surface area contributed by atoms with Gasteiger partial charge in [-0.25, -0.2) is 14.6 Å². The summed E-state index contributed by atoms with van der Waals surface area (Å²) in [5.41, 5.74) is 9.84. The molecule has 0 spiro atoms. The van der Waals surface area contributed by atoms with E-state index in [9.17, 15) is 24.0 Å². The molecule has 0 radical (unpaired) electrons. The number of ether oxygens (including phenoxy) is 5. The molecule has 350 valence electrons. The van der Waals surface area contributed by atoms with Crippen molar-refractivity contribution in [3.05, 3.63) is 102 Å². The highest BCUT2D eigenvalue weighted by atomic mass is 16.6. The number of hydrogen-bond acceptors (Lipinski definition) is 15. The Labute approximate surface area is 386 Å². The summed E-state index contributed by atoms with van der Waals surface area (Å²) in [5.74, 6) is -0.566. The quantitative estimate of drug-likeness (QED) is 0.0491. The summed E-state index contributed by atoms with van der Waals surface area (Å²) in [4.78, 5) is 75.3. The first kappa shape index (κ1) is 46.5. The number of imide groups is 2. The van der Waals surface area contributed by atoms with Gasteiger partial charge in [-0.15, -0.1) is 0 Å². The van der Waals surface area contributed by atoms with Crippen LogP contribution in [0.15, 0.2) is 91.3 Å². The second-order valence-corrected chi connectivity index (χ2v) is 16.1. The number of nitrogens with zero attached hydrogens (tertiary/aromatic N) is 6. The van der Waals surface area contributed by atoms with E-state index in [2.05, 4.69) is 27.2 Å². The van der Waals surface area contributed by atoms with Gasteiger partial charge in [0, 0.05) is 49.3 Å². The van der Waals surface area contributed by atoms with Crippen LogP contribution in [-0.4, -0.2) is 138 Å².